The molecule has 0 aromatic carbocycles. The van der Waals surface area contributed by atoms with E-state index in [4.69, 9.17) is 4.74 Å². The first-order valence-corrected chi connectivity index (χ1v) is 4.58. The van der Waals surface area contributed by atoms with Crippen LogP contribution >= 0.6 is 0 Å². The van der Waals surface area contributed by atoms with Gasteiger partial charge in [-0.25, -0.2) is 0 Å². The van der Waals surface area contributed by atoms with Crippen molar-refractivity contribution < 1.29 is 22.7 Å². The Balaban J connectivity index is 2.86. The molecule has 3 nitrogen and oxygen atoms in total. The lowest BCUT2D eigenvalue weighted by Crippen LogP contribution is -2.12. The molecule has 6 heteroatoms. The van der Waals surface area contributed by atoms with E-state index in [1.165, 1.54) is 0 Å². The van der Waals surface area contributed by atoms with Crippen LogP contribution in [0.1, 0.15) is 22.8 Å². The molecule has 1 aromatic heterocycles. The summed E-state index contributed by atoms with van der Waals surface area (Å²) in [7, 11) is 0. The molecule has 0 bridgehead atoms. The second-order valence-corrected chi connectivity index (χ2v) is 3.02. The van der Waals surface area contributed by atoms with Crippen molar-refractivity contribution >= 4 is 5.78 Å². The molecule has 0 aliphatic rings. The van der Waals surface area contributed by atoms with Gasteiger partial charge in [0.1, 0.15) is 6.61 Å². The normalized spacial score (nSPS) is 11.5. The predicted molar refractivity (Wildman–Crippen MR) is 50.1 cm³/mol. The maximum atomic E-state index is 12.3. The summed E-state index contributed by atoms with van der Waals surface area (Å²) in [4.78, 5) is 14.7. The van der Waals surface area contributed by atoms with Crippen LogP contribution in [0.2, 0.25) is 0 Å². The Morgan fingerprint density at radius 2 is 2.12 bits per heavy atom. The van der Waals surface area contributed by atoms with E-state index in [0.29, 0.717) is 12.8 Å². The van der Waals surface area contributed by atoms with Crippen molar-refractivity contribution in [3.63, 3.8) is 0 Å². The molecule has 0 spiro atoms. The quantitative estimate of drug-likeness (QED) is 0.749. The zero-order valence-electron chi connectivity index (χ0n) is 8.54. The standard InChI is InChI=1S/C10H10F3NO2/c1-2-16-6-9(15)7-3-8(5-14-4-7)10(11,12)13/h3-5H,2,6H2,1H3. The van der Waals surface area contributed by atoms with Gasteiger partial charge in [0.15, 0.2) is 5.78 Å². The van der Waals surface area contributed by atoms with E-state index in [2.05, 4.69) is 4.98 Å². The smallest absolute Gasteiger partial charge is 0.374 e. The number of pyridine rings is 1. The van der Waals surface area contributed by atoms with Crippen LogP contribution in [0, 0.1) is 0 Å². The van der Waals surface area contributed by atoms with Gasteiger partial charge in [-0.3, -0.25) is 9.78 Å². The average Bonchev–Trinajstić information content (AvgIpc) is 2.25. The maximum absolute atomic E-state index is 12.3. The number of hydrogen-bond donors (Lipinski definition) is 0. The van der Waals surface area contributed by atoms with Gasteiger partial charge in [0.2, 0.25) is 0 Å². The first kappa shape index (κ1) is 12.6. The van der Waals surface area contributed by atoms with Gasteiger partial charge in [0.05, 0.1) is 5.56 Å². The highest BCUT2D eigenvalue weighted by atomic mass is 19.4. The van der Waals surface area contributed by atoms with Gasteiger partial charge in [-0.15, -0.1) is 0 Å². The number of aromatic nitrogens is 1. The van der Waals surface area contributed by atoms with Gasteiger partial charge in [0, 0.05) is 24.6 Å². The molecule has 0 atom stereocenters. The van der Waals surface area contributed by atoms with E-state index >= 15 is 0 Å². The van der Waals surface area contributed by atoms with Gasteiger partial charge in [-0.1, -0.05) is 0 Å². The Hall–Kier alpha value is -1.43. The minimum Gasteiger partial charge on any atom is -0.374 e. The molecule has 16 heavy (non-hydrogen) atoms. The number of halogens is 3. The van der Waals surface area contributed by atoms with Crippen molar-refractivity contribution in [2.24, 2.45) is 0 Å². The molecule has 0 saturated carbocycles. The summed E-state index contributed by atoms with van der Waals surface area (Å²) < 4.78 is 41.7. The van der Waals surface area contributed by atoms with Crippen molar-refractivity contribution in [1.82, 2.24) is 4.98 Å². The zero-order chi connectivity index (χ0) is 12.2. The highest BCUT2D eigenvalue weighted by Gasteiger charge is 2.31. The fourth-order valence-corrected chi connectivity index (χ4v) is 1.03. The van der Waals surface area contributed by atoms with Crippen LogP contribution in [0.3, 0.4) is 0 Å². The number of carbonyl (C=O) groups is 1. The van der Waals surface area contributed by atoms with Crippen molar-refractivity contribution in [1.29, 1.82) is 0 Å². The molecule has 1 aromatic rings. The number of carbonyl (C=O) groups excluding carboxylic acids is 1. The highest BCUT2D eigenvalue weighted by molar-refractivity contribution is 5.96. The Bertz CT molecular complexity index is 377. The van der Waals surface area contributed by atoms with E-state index in [0.717, 1.165) is 12.3 Å². The lowest BCUT2D eigenvalue weighted by atomic mass is 10.1. The molecule has 1 rings (SSSR count). The average molecular weight is 233 g/mol. The number of ether oxygens (including phenoxy) is 1. The van der Waals surface area contributed by atoms with Crippen molar-refractivity contribution in [2.75, 3.05) is 13.2 Å². The molecule has 0 amide bonds. The molecular formula is C10H10F3NO2. The maximum Gasteiger partial charge on any atom is 0.417 e. The van der Waals surface area contributed by atoms with Gasteiger partial charge < -0.3 is 4.74 Å². The van der Waals surface area contributed by atoms with E-state index in [9.17, 15) is 18.0 Å². The van der Waals surface area contributed by atoms with Gasteiger partial charge in [0.25, 0.3) is 0 Å². The van der Waals surface area contributed by atoms with Gasteiger partial charge in [-0.2, -0.15) is 13.2 Å². The lowest BCUT2D eigenvalue weighted by Gasteiger charge is -2.07. The largest absolute Gasteiger partial charge is 0.417 e. The molecule has 88 valence electrons. The number of ketones is 1. The van der Waals surface area contributed by atoms with E-state index in [-0.39, 0.29) is 12.2 Å². The Morgan fingerprint density at radius 3 is 2.69 bits per heavy atom. The molecule has 0 aliphatic carbocycles. The summed E-state index contributed by atoms with van der Waals surface area (Å²) in [6.45, 7) is 1.79. The molecule has 0 aliphatic heterocycles. The van der Waals surface area contributed by atoms with Crippen LogP contribution in [0.15, 0.2) is 18.5 Å². The highest BCUT2D eigenvalue weighted by Crippen LogP contribution is 2.28. The van der Waals surface area contributed by atoms with Gasteiger partial charge in [-0.05, 0) is 13.0 Å². The lowest BCUT2D eigenvalue weighted by molar-refractivity contribution is -0.137. The minimum atomic E-state index is -4.49. The predicted octanol–water partition coefficient (Wildman–Crippen LogP) is 2.32. The summed E-state index contributed by atoms with van der Waals surface area (Å²) in [6, 6.07) is 0.772. The summed E-state index contributed by atoms with van der Waals surface area (Å²) in [5, 5.41) is 0. The molecule has 0 saturated heterocycles. The fraction of sp³-hybridized carbons (Fsp3) is 0.400. The van der Waals surface area contributed by atoms with Crippen LogP contribution in [0.5, 0.6) is 0 Å². The fourth-order valence-electron chi connectivity index (χ4n) is 1.03. The van der Waals surface area contributed by atoms with Crippen LogP contribution in [0.25, 0.3) is 0 Å². The first-order valence-electron chi connectivity index (χ1n) is 4.58. The van der Waals surface area contributed by atoms with Crippen molar-refractivity contribution in [2.45, 2.75) is 13.1 Å². The summed E-state index contributed by atoms with van der Waals surface area (Å²) in [6.07, 6.45) is -2.72. The summed E-state index contributed by atoms with van der Waals surface area (Å²) >= 11 is 0. The van der Waals surface area contributed by atoms with Crippen LogP contribution in [-0.2, 0) is 10.9 Å². The Morgan fingerprint density at radius 1 is 1.44 bits per heavy atom. The molecule has 1 heterocycles. The molecular weight excluding hydrogens is 223 g/mol. The third-order valence-electron chi connectivity index (χ3n) is 1.82. The Labute approximate surface area is 90.2 Å². The van der Waals surface area contributed by atoms with Crippen LogP contribution in [0.4, 0.5) is 13.2 Å². The zero-order valence-corrected chi connectivity index (χ0v) is 8.54. The van der Waals surface area contributed by atoms with E-state index < -0.39 is 17.5 Å². The SMILES string of the molecule is CCOCC(=O)c1cncc(C(F)(F)F)c1. The third kappa shape index (κ3) is 3.30. The van der Waals surface area contributed by atoms with Crippen LogP contribution < -0.4 is 0 Å². The second kappa shape index (κ2) is 5.07. The van der Waals surface area contributed by atoms with Gasteiger partial charge >= 0.3 is 6.18 Å². The first-order chi connectivity index (χ1) is 7.45. The second-order valence-electron chi connectivity index (χ2n) is 3.02. The van der Waals surface area contributed by atoms with Crippen molar-refractivity contribution in [3.05, 3.63) is 29.6 Å². The minimum absolute atomic E-state index is 0.0942. The number of nitrogens with zero attached hydrogens (tertiary/aromatic N) is 1. The Kier molecular flexibility index (Phi) is 4.00. The van der Waals surface area contributed by atoms with Crippen LogP contribution in [-0.4, -0.2) is 24.0 Å². The summed E-state index contributed by atoms with van der Waals surface area (Å²) in [5.74, 6) is -0.513. The molecule has 0 fully saturated rings. The topological polar surface area (TPSA) is 39.2 Å². The number of alkyl halides is 3. The van der Waals surface area contributed by atoms with E-state index in [1.54, 1.807) is 6.92 Å². The molecule has 0 unspecified atom stereocenters. The van der Waals surface area contributed by atoms with Crippen molar-refractivity contribution in [3.8, 4) is 0 Å². The third-order valence-corrected chi connectivity index (χ3v) is 1.82. The summed E-state index contributed by atoms with van der Waals surface area (Å²) in [5.41, 5.74) is -1.03. The number of hydrogen-bond acceptors (Lipinski definition) is 3. The molecule has 0 N–H and O–H groups in total. The number of rotatable bonds is 4. The number of Topliss-reactive ketones (excluding diaryl/α,β-unsaturated/α-hetero) is 1. The monoisotopic (exact) mass is 233 g/mol. The van der Waals surface area contributed by atoms with E-state index in [1.807, 2.05) is 0 Å². The molecule has 0 radical (unpaired) electrons.